The zero-order valence-electron chi connectivity index (χ0n) is 48.9. The van der Waals surface area contributed by atoms with Gasteiger partial charge in [-0.2, -0.15) is 13.0 Å². The first-order valence-electron chi connectivity index (χ1n) is 28.1. The van der Waals surface area contributed by atoms with Crippen LogP contribution in [0.5, 0.6) is 0 Å². The van der Waals surface area contributed by atoms with Crippen LogP contribution in [0.25, 0.3) is 0 Å². The number of hydrogen-bond acceptors (Lipinski definition) is 22. The molecule has 0 bridgehead atoms. The predicted octanol–water partition coefficient (Wildman–Crippen LogP) is 4.23. The molecule has 4 rings (SSSR count). The predicted molar refractivity (Wildman–Crippen MR) is 306 cm³/mol. The van der Waals surface area contributed by atoms with Gasteiger partial charge in [0.1, 0.15) is 26.8 Å². The number of allylic oxidation sites excluding steroid dienone is 4. The van der Waals surface area contributed by atoms with Crippen LogP contribution < -0.4 is 4.90 Å². The Morgan fingerprint density at radius 1 is 0.560 bits per heavy atom. The molecule has 2 N–H and O–H groups in total. The molecule has 0 aliphatic carbocycles. The fourth-order valence-electron chi connectivity index (χ4n) is 9.54. The van der Waals surface area contributed by atoms with Crippen molar-refractivity contribution in [2.45, 2.75) is 79.4 Å². The first-order chi connectivity index (χ1) is 40.2. The van der Waals surface area contributed by atoms with E-state index in [0.717, 1.165) is 0 Å². The van der Waals surface area contributed by atoms with E-state index in [0.29, 0.717) is 172 Å². The molecule has 0 spiro atoms. The largest absolute Gasteiger partial charge is 0.744 e. The Hall–Kier alpha value is -3.89. The zero-order chi connectivity index (χ0) is 61.3. The van der Waals surface area contributed by atoms with Gasteiger partial charge in [-0.1, -0.05) is 12.5 Å². The molecule has 2 atom stereocenters. The lowest BCUT2D eigenvalue weighted by Crippen LogP contribution is -2.33. The SMILES string of the molecule is COCCOCCOCCOCCOCCOCCC1(C)C(=CC=CC2=[N+](CCCS(=O)(=O)O)c3ccc(S(=O)(=O)[O-])cc3C2(C)CCOCCOCCOCCOCCOCCOC)N(CCCCCC(=O)O)c2ccc(S(=O)(=O)[O-])cc21. The molecule has 0 aromatic heterocycles. The number of anilines is 1. The molecular weight excluding hydrogens is 1160 g/mol. The van der Waals surface area contributed by atoms with Gasteiger partial charge in [-0.05, 0) is 81.5 Å². The lowest BCUT2D eigenvalue weighted by atomic mass is 9.76. The molecule has 2 aromatic rings. The van der Waals surface area contributed by atoms with Crippen LogP contribution >= 0.6 is 0 Å². The third-order valence-corrected chi connectivity index (χ3v) is 16.4. The van der Waals surface area contributed by atoms with Crippen LogP contribution in [0.1, 0.15) is 69.9 Å². The van der Waals surface area contributed by atoms with Crippen LogP contribution in [0.3, 0.4) is 0 Å². The maximum absolute atomic E-state index is 12.5. The molecule has 28 heteroatoms. The van der Waals surface area contributed by atoms with Crippen LogP contribution in [0.2, 0.25) is 0 Å². The molecule has 2 aliphatic rings. The first kappa shape index (κ1) is 72.6. The van der Waals surface area contributed by atoms with Gasteiger partial charge in [-0.15, -0.1) is 0 Å². The third-order valence-electron chi connectivity index (χ3n) is 13.9. The maximum Gasteiger partial charge on any atom is 0.303 e. The van der Waals surface area contributed by atoms with Gasteiger partial charge in [0.05, 0.1) is 153 Å². The summed E-state index contributed by atoms with van der Waals surface area (Å²) in [5.41, 5.74) is 1.32. The van der Waals surface area contributed by atoms with E-state index in [9.17, 15) is 48.8 Å². The Morgan fingerprint density at radius 3 is 1.40 bits per heavy atom. The molecule has 2 aliphatic heterocycles. The smallest absolute Gasteiger partial charge is 0.303 e. The Balaban J connectivity index is 1.58. The summed E-state index contributed by atoms with van der Waals surface area (Å²) in [4.78, 5) is 12.5. The molecule has 84 heavy (non-hydrogen) atoms. The second kappa shape index (κ2) is 38.4. The summed E-state index contributed by atoms with van der Waals surface area (Å²) in [7, 11) is -11.0. The monoisotopic (exact) mass is 1250 g/mol. The van der Waals surface area contributed by atoms with E-state index in [1.807, 2.05) is 29.4 Å². The molecule has 478 valence electrons. The molecule has 0 radical (unpaired) electrons. The average Bonchev–Trinajstić information content (AvgIpc) is 1.84. The maximum atomic E-state index is 12.5. The fourth-order valence-corrected chi connectivity index (χ4v) is 11.0. The van der Waals surface area contributed by atoms with Crippen molar-refractivity contribution in [3.63, 3.8) is 0 Å². The van der Waals surface area contributed by atoms with Gasteiger partial charge in [-0.25, -0.2) is 16.8 Å². The first-order valence-corrected chi connectivity index (χ1v) is 32.5. The van der Waals surface area contributed by atoms with Crippen molar-refractivity contribution < 1.29 is 110 Å². The number of nitrogens with zero attached hydrogens (tertiary/aromatic N) is 2. The van der Waals surface area contributed by atoms with E-state index in [2.05, 4.69) is 0 Å². The number of fused-ring (bicyclic) bond motifs is 2. The van der Waals surface area contributed by atoms with Gasteiger partial charge in [0, 0.05) is 81.3 Å². The summed E-state index contributed by atoms with van der Waals surface area (Å²) >= 11 is 0. The minimum Gasteiger partial charge on any atom is -0.744 e. The van der Waals surface area contributed by atoms with Crippen molar-refractivity contribution in [1.29, 1.82) is 0 Å². The van der Waals surface area contributed by atoms with Crippen LogP contribution in [0.4, 0.5) is 11.4 Å². The molecule has 0 saturated carbocycles. The van der Waals surface area contributed by atoms with E-state index in [4.69, 9.17) is 56.8 Å². The number of benzene rings is 2. The second-order valence-electron chi connectivity index (χ2n) is 20.0. The van der Waals surface area contributed by atoms with Crippen molar-refractivity contribution in [3.8, 4) is 0 Å². The lowest BCUT2D eigenvalue weighted by Gasteiger charge is -2.30. The summed E-state index contributed by atoms with van der Waals surface area (Å²) in [6.45, 7) is 12.0. The van der Waals surface area contributed by atoms with Crippen LogP contribution in [0.15, 0.2) is 70.1 Å². The van der Waals surface area contributed by atoms with Gasteiger partial charge in [0.15, 0.2) is 5.71 Å². The van der Waals surface area contributed by atoms with Crippen molar-refractivity contribution >= 4 is 53.4 Å². The van der Waals surface area contributed by atoms with E-state index < -0.39 is 62.7 Å². The molecule has 2 aromatic carbocycles. The number of ether oxygens (including phenoxy) is 12. The summed E-state index contributed by atoms with van der Waals surface area (Å²) in [6.07, 6.45) is 7.38. The number of rotatable bonds is 50. The van der Waals surface area contributed by atoms with Crippen molar-refractivity contribution in [1.82, 2.24) is 0 Å². The van der Waals surface area contributed by atoms with Crippen molar-refractivity contribution in [3.05, 3.63) is 71.5 Å². The van der Waals surface area contributed by atoms with Crippen molar-refractivity contribution in [2.75, 3.05) is 183 Å². The fraction of sp³-hybridized carbons (Fsp3) is 0.679. The van der Waals surface area contributed by atoms with Gasteiger partial charge < -0.3 is 76.0 Å². The van der Waals surface area contributed by atoms with E-state index >= 15 is 0 Å². The summed E-state index contributed by atoms with van der Waals surface area (Å²) in [5, 5.41) is 9.35. The minimum atomic E-state index is -4.94. The summed E-state index contributed by atoms with van der Waals surface area (Å²) < 4.78 is 177. The Morgan fingerprint density at radius 2 is 0.976 bits per heavy atom. The van der Waals surface area contributed by atoms with Gasteiger partial charge in [-0.3, -0.25) is 9.35 Å². The zero-order valence-corrected chi connectivity index (χ0v) is 51.4. The van der Waals surface area contributed by atoms with Crippen LogP contribution in [-0.4, -0.2) is 239 Å². The molecule has 0 saturated heterocycles. The highest BCUT2D eigenvalue weighted by Crippen LogP contribution is 2.51. The number of carboxylic acids is 1. The Labute approximate surface area is 495 Å². The molecule has 0 fully saturated rings. The molecule has 25 nitrogen and oxygen atoms in total. The summed E-state index contributed by atoms with van der Waals surface area (Å²) in [5.74, 6) is -1.51. The normalized spacial score (nSPS) is 17.8. The number of carbonyl (C=O) groups is 1. The lowest BCUT2D eigenvalue weighted by molar-refractivity contribution is -0.437. The van der Waals surface area contributed by atoms with Gasteiger partial charge in [0.25, 0.3) is 10.1 Å². The molecular formula is C56H87N2O23S3-. The van der Waals surface area contributed by atoms with Gasteiger partial charge in [0.2, 0.25) is 5.69 Å². The number of methoxy groups -OCH3 is 2. The Bertz CT molecular complexity index is 2720. The number of aliphatic carboxylic acids is 1. The second-order valence-corrected chi connectivity index (χ2v) is 24.3. The van der Waals surface area contributed by atoms with Crippen LogP contribution in [-0.2, 0) is 103 Å². The highest BCUT2D eigenvalue weighted by Gasteiger charge is 2.48. The van der Waals surface area contributed by atoms with E-state index in [1.54, 1.807) is 32.4 Å². The molecule has 2 heterocycles. The average molecular weight is 1250 g/mol. The number of carboxylic acid groups (broad SMARTS) is 1. The topological polar surface area (TPSA) is 323 Å². The summed E-state index contributed by atoms with van der Waals surface area (Å²) in [6, 6.07) is 8.22. The quantitative estimate of drug-likeness (QED) is 0.0532. The van der Waals surface area contributed by atoms with E-state index in [1.165, 1.54) is 30.3 Å². The van der Waals surface area contributed by atoms with Crippen LogP contribution in [0, 0.1) is 0 Å². The molecule has 0 amide bonds. The highest BCUT2D eigenvalue weighted by atomic mass is 32.2. The van der Waals surface area contributed by atoms with Gasteiger partial charge >= 0.3 is 5.97 Å². The Kier molecular flexibility index (Phi) is 33.2. The standard InChI is InChI=1S/C56H88N2O23S3/c1-55(17-21-72-27-29-76-35-37-80-41-39-78-33-31-74-25-23-70-3)48-44-46(83(64,65)66)13-15-50(48)57(19-7-5-6-12-54(59)60)52(55)10-8-11-53-56(2,18-22-73-28-30-77-36-38-81-42-40-79-34-32-75-26-24-71-4)49-45-47(84(67,68)69)14-16-51(49)58(53)20-9-43-82(61,62)63/h8,10-11,13-16,44-45H,5-7,9,12,17-43H2,1-4H3,(H3-,59,60,61,62,63,64,65,66,67,68,69)/p-1. The van der Waals surface area contributed by atoms with E-state index in [-0.39, 0.29) is 65.4 Å². The minimum absolute atomic E-state index is 0.0258. The number of unbranched alkanes of at least 4 members (excludes halogenated alkanes) is 2. The highest BCUT2D eigenvalue weighted by molar-refractivity contribution is 7.86. The number of hydrogen-bond donors (Lipinski definition) is 2. The third kappa shape index (κ3) is 25.4. The van der Waals surface area contributed by atoms with Crippen molar-refractivity contribution in [2.24, 2.45) is 0 Å². The molecule has 2 unspecified atom stereocenters.